The van der Waals surface area contributed by atoms with Gasteiger partial charge in [-0.15, -0.1) is 0 Å². The average molecular weight is 251 g/mol. The quantitative estimate of drug-likeness (QED) is 0.693. The molecule has 0 spiro atoms. The second-order valence-corrected chi connectivity index (χ2v) is 4.75. The zero-order valence-electron chi connectivity index (χ0n) is 11.9. The van der Waals surface area contributed by atoms with Crippen molar-refractivity contribution in [3.05, 3.63) is 12.4 Å². The molecule has 0 saturated carbocycles. The van der Waals surface area contributed by atoms with Crippen LogP contribution in [0.2, 0.25) is 0 Å². The van der Waals surface area contributed by atoms with E-state index in [0.29, 0.717) is 6.04 Å². The summed E-state index contributed by atoms with van der Waals surface area (Å²) in [6.07, 6.45) is 3.92. The van der Waals surface area contributed by atoms with Gasteiger partial charge in [-0.25, -0.2) is 9.97 Å². The Morgan fingerprint density at radius 2 is 1.94 bits per heavy atom. The Bertz CT molecular complexity index is 340. The van der Waals surface area contributed by atoms with Crippen LogP contribution in [0.4, 0.5) is 11.6 Å². The van der Waals surface area contributed by atoms with Gasteiger partial charge in [0.05, 0.1) is 0 Å². The van der Waals surface area contributed by atoms with Crippen LogP contribution in [0.25, 0.3) is 0 Å². The number of aromatic nitrogens is 2. The van der Waals surface area contributed by atoms with E-state index in [-0.39, 0.29) is 0 Å². The van der Waals surface area contributed by atoms with E-state index in [1.165, 1.54) is 6.42 Å². The molecule has 0 bridgehead atoms. The van der Waals surface area contributed by atoms with E-state index in [4.69, 9.17) is 0 Å². The van der Waals surface area contributed by atoms with Crippen molar-refractivity contribution in [1.29, 1.82) is 0 Å². The maximum Gasteiger partial charge on any atom is 0.131 e. The number of anilines is 2. The Morgan fingerprint density at radius 1 is 1.22 bits per heavy atom. The normalized spacial score (nSPS) is 11.0. The molecule has 0 aliphatic carbocycles. The molecule has 1 aromatic rings. The molecule has 0 unspecified atom stereocenters. The molecule has 1 heterocycles. The van der Waals surface area contributed by atoms with Gasteiger partial charge in [0.1, 0.15) is 18.0 Å². The third-order valence-corrected chi connectivity index (χ3v) is 3.05. The number of unbranched alkanes of at least 4 members (excludes halogenated alkanes) is 1. The molecule has 0 fully saturated rings. The minimum absolute atomic E-state index is 0.623. The summed E-state index contributed by atoms with van der Waals surface area (Å²) in [6, 6.07) is 2.54. The second kappa shape index (κ2) is 7.87. The monoisotopic (exact) mass is 251 g/mol. The van der Waals surface area contributed by atoms with E-state index in [2.05, 4.69) is 46.4 Å². The van der Waals surface area contributed by atoms with Gasteiger partial charge >= 0.3 is 0 Å². The number of rotatable bonds is 8. The lowest BCUT2D eigenvalue weighted by atomic mass is 10.2. The van der Waals surface area contributed by atoms with E-state index in [9.17, 15) is 0 Å². The highest BCUT2D eigenvalue weighted by Gasteiger charge is 2.02. The smallest absolute Gasteiger partial charge is 0.131 e. The summed E-state index contributed by atoms with van der Waals surface area (Å²) in [5.41, 5.74) is 0. The predicted octanol–water partition coefficient (Wildman–Crippen LogP) is 2.05. The highest BCUT2D eigenvalue weighted by atomic mass is 15.1. The highest BCUT2D eigenvalue weighted by molar-refractivity contribution is 5.45. The molecule has 0 aliphatic heterocycles. The molecule has 0 saturated heterocycles. The van der Waals surface area contributed by atoms with Crippen LogP contribution in [-0.2, 0) is 0 Å². The van der Waals surface area contributed by atoms with Gasteiger partial charge in [-0.2, -0.15) is 0 Å². The number of hydrogen-bond donors (Lipinski definition) is 2. The molecular formula is C13H25N5. The summed E-state index contributed by atoms with van der Waals surface area (Å²) in [6.45, 7) is 6.54. The third kappa shape index (κ3) is 5.31. The minimum Gasteiger partial charge on any atom is -0.373 e. The Kier molecular flexibility index (Phi) is 6.43. The van der Waals surface area contributed by atoms with Gasteiger partial charge in [0.2, 0.25) is 0 Å². The van der Waals surface area contributed by atoms with Gasteiger partial charge in [-0.1, -0.05) is 0 Å². The summed E-state index contributed by atoms with van der Waals surface area (Å²) >= 11 is 0. The third-order valence-electron chi connectivity index (χ3n) is 3.05. The Hall–Kier alpha value is -1.36. The number of hydrogen-bond acceptors (Lipinski definition) is 5. The van der Waals surface area contributed by atoms with Crippen molar-refractivity contribution in [2.24, 2.45) is 0 Å². The van der Waals surface area contributed by atoms with Crippen molar-refractivity contribution >= 4 is 11.6 Å². The summed E-state index contributed by atoms with van der Waals surface area (Å²) in [4.78, 5) is 10.6. The van der Waals surface area contributed by atoms with E-state index < -0.39 is 0 Å². The molecule has 0 amide bonds. The molecule has 0 radical (unpaired) electrons. The highest BCUT2D eigenvalue weighted by Crippen LogP contribution is 2.07. The number of nitrogens with zero attached hydrogens (tertiary/aromatic N) is 3. The fourth-order valence-electron chi connectivity index (χ4n) is 1.55. The van der Waals surface area contributed by atoms with Gasteiger partial charge in [-0.3, -0.25) is 0 Å². The Balaban J connectivity index is 2.17. The van der Waals surface area contributed by atoms with Crippen LogP contribution in [0.3, 0.4) is 0 Å². The van der Waals surface area contributed by atoms with Crippen molar-refractivity contribution in [2.75, 3.05) is 37.8 Å². The fourth-order valence-corrected chi connectivity index (χ4v) is 1.55. The first kappa shape index (κ1) is 14.7. The Labute approximate surface area is 110 Å². The molecular weight excluding hydrogens is 226 g/mol. The average Bonchev–Trinajstić information content (AvgIpc) is 2.38. The number of nitrogens with one attached hydrogen (secondary N) is 2. The summed E-state index contributed by atoms with van der Waals surface area (Å²) in [5, 5.41) is 6.31. The first-order valence-corrected chi connectivity index (χ1v) is 6.57. The van der Waals surface area contributed by atoms with Crippen LogP contribution >= 0.6 is 0 Å². The first-order chi connectivity index (χ1) is 8.63. The zero-order chi connectivity index (χ0) is 13.4. The lowest BCUT2D eigenvalue weighted by Crippen LogP contribution is -2.27. The van der Waals surface area contributed by atoms with Crippen LogP contribution in [0, 0.1) is 0 Å². The van der Waals surface area contributed by atoms with Crippen LogP contribution in [0.5, 0.6) is 0 Å². The molecule has 5 nitrogen and oxygen atoms in total. The van der Waals surface area contributed by atoms with Gasteiger partial charge < -0.3 is 15.5 Å². The van der Waals surface area contributed by atoms with Crippen LogP contribution in [0.15, 0.2) is 12.4 Å². The van der Waals surface area contributed by atoms with Gasteiger partial charge in [0.15, 0.2) is 0 Å². The molecule has 0 aliphatic rings. The van der Waals surface area contributed by atoms with Gasteiger partial charge in [0, 0.05) is 25.7 Å². The summed E-state index contributed by atoms with van der Waals surface area (Å²) in [5.74, 6) is 1.72. The first-order valence-electron chi connectivity index (χ1n) is 6.57. The fraction of sp³-hybridized carbons (Fsp3) is 0.692. The molecule has 1 aromatic heterocycles. The molecule has 0 aromatic carbocycles. The standard InChI is InChI=1S/C13H25N5/c1-11(2)18(4)8-6-5-7-15-13-9-12(14-3)16-10-17-13/h9-11H,5-8H2,1-4H3,(H2,14,15,16,17). The summed E-state index contributed by atoms with van der Waals surface area (Å²) in [7, 11) is 4.02. The van der Waals surface area contributed by atoms with Gasteiger partial charge in [-0.05, 0) is 40.3 Å². The maximum absolute atomic E-state index is 4.18. The van der Waals surface area contributed by atoms with Crippen molar-refractivity contribution in [3.8, 4) is 0 Å². The maximum atomic E-state index is 4.18. The van der Waals surface area contributed by atoms with Crippen LogP contribution in [-0.4, -0.2) is 48.1 Å². The second-order valence-electron chi connectivity index (χ2n) is 4.75. The van der Waals surface area contributed by atoms with Crippen molar-refractivity contribution in [1.82, 2.24) is 14.9 Å². The van der Waals surface area contributed by atoms with Crippen LogP contribution in [0.1, 0.15) is 26.7 Å². The van der Waals surface area contributed by atoms with E-state index in [1.807, 2.05) is 13.1 Å². The van der Waals surface area contributed by atoms with Crippen molar-refractivity contribution in [3.63, 3.8) is 0 Å². The summed E-state index contributed by atoms with van der Waals surface area (Å²) < 4.78 is 0. The van der Waals surface area contributed by atoms with E-state index >= 15 is 0 Å². The SMILES string of the molecule is CNc1cc(NCCCCN(C)C(C)C)ncn1. The van der Waals surface area contributed by atoms with E-state index in [0.717, 1.165) is 31.1 Å². The lowest BCUT2D eigenvalue weighted by molar-refractivity contribution is 0.269. The molecule has 5 heteroatoms. The lowest BCUT2D eigenvalue weighted by Gasteiger charge is -2.20. The molecule has 102 valence electrons. The molecule has 2 N–H and O–H groups in total. The molecule has 18 heavy (non-hydrogen) atoms. The Morgan fingerprint density at radius 3 is 2.61 bits per heavy atom. The minimum atomic E-state index is 0.623. The van der Waals surface area contributed by atoms with Crippen molar-refractivity contribution in [2.45, 2.75) is 32.7 Å². The zero-order valence-corrected chi connectivity index (χ0v) is 11.9. The largest absolute Gasteiger partial charge is 0.373 e. The molecule has 0 atom stereocenters. The predicted molar refractivity (Wildman–Crippen MR) is 77.1 cm³/mol. The van der Waals surface area contributed by atoms with Gasteiger partial charge in [0.25, 0.3) is 0 Å². The molecule has 1 rings (SSSR count). The topological polar surface area (TPSA) is 53.1 Å². The van der Waals surface area contributed by atoms with Crippen molar-refractivity contribution < 1.29 is 0 Å². The van der Waals surface area contributed by atoms with Crippen LogP contribution < -0.4 is 10.6 Å². The van der Waals surface area contributed by atoms with E-state index in [1.54, 1.807) is 6.33 Å².